The van der Waals surface area contributed by atoms with E-state index in [1.807, 2.05) is 19.1 Å². The summed E-state index contributed by atoms with van der Waals surface area (Å²) < 4.78 is 5.49. The van der Waals surface area contributed by atoms with Gasteiger partial charge in [-0.25, -0.2) is 0 Å². The fraction of sp³-hybridized carbons (Fsp3) is 0.533. The lowest BCUT2D eigenvalue weighted by Crippen LogP contribution is -2.37. The molecule has 0 radical (unpaired) electrons. The van der Waals surface area contributed by atoms with Crippen LogP contribution in [0.15, 0.2) is 29.3 Å². The molecule has 2 rings (SSSR count). The predicted octanol–water partition coefficient (Wildman–Crippen LogP) is 2.16. The molecule has 0 aliphatic heterocycles. The average molecular weight is 261 g/mol. The van der Waals surface area contributed by atoms with Crippen molar-refractivity contribution in [2.45, 2.75) is 26.3 Å². The summed E-state index contributed by atoms with van der Waals surface area (Å²) >= 11 is 0. The van der Waals surface area contributed by atoms with E-state index in [1.165, 1.54) is 18.4 Å². The van der Waals surface area contributed by atoms with Gasteiger partial charge < -0.3 is 15.4 Å². The molecule has 0 saturated heterocycles. The highest BCUT2D eigenvalue weighted by atomic mass is 16.5. The molecule has 1 fully saturated rings. The van der Waals surface area contributed by atoms with Gasteiger partial charge in [0, 0.05) is 20.1 Å². The lowest BCUT2D eigenvalue weighted by atomic mass is 10.2. The number of benzene rings is 1. The summed E-state index contributed by atoms with van der Waals surface area (Å²) in [7, 11) is 1.80. The van der Waals surface area contributed by atoms with Gasteiger partial charge in [0.25, 0.3) is 0 Å². The molecule has 1 aromatic carbocycles. The van der Waals surface area contributed by atoms with E-state index in [0.717, 1.165) is 30.7 Å². The largest absolute Gasteiger partial charge is 0.494 e. The number of rotatable bonds is 6. The van der Waals surface area contributed by atoms with Gasteiger partial charge in [-0.3, -0.25) is 4.99 Å². The Morgan fingerprint density at radius 3 is 2.89 bits per heavy atom. The minimum Gasteiger partial charge on any atom is -0.494 e. The Morgan fingerprint density at radius 2 is 2.21 bits per heavy atom. The van der Waals surface area contributed by atoms with E-state index in [2.05, 4.69) is 27.8 Å². The maximum absolute atomic E-state index is 5.49. The monoisotopic (exact) mass is 261 g/mol. The topological polar surface area (TPSA) is 45.6 Å². The highest BCUT2D eigenvalue weighted by Crippen LogP contribution is 2.27. The van der Waals surface area contributed by atoms with Gasteiger partial charge in [-0.1, -0.05) is 12.1 Å². The molecule has 0 heterocycles. The van der Waals surface area contributed by atoms with Crippen molar-refractivity contribution in [3.05, 3.63) is 29.8 Å². The van der Waals surface area contributed by atoms with Crippen molar-refractivity contribution in [1.82, 2.24) is 10.6 Å². The third-order valence-corrected chi connectivity index (χ3v) is 3.15. The van der Waals surface area contributed by atoms with E-state index in [0.29, 0.717) is 6.61 Å². The Hall–Kier alpha value is -1.71. The number of nitrogens with zero attached hydrogens (tertiary/aromatic N) is 1. The second-order valence-electron chi connectivity index (χ2n) is 4.83. The van der Waals surface area contributed by atoms with E-state index in [9.17, 15) is 0 Å². The third kappa shape index (κ3) is 4.81. The highest BCUT2D eigenvalue weighted by Gasteiger charge is 2.20. The number of hydrogen-bond acceptors (Lipinski definition) is 2. The van der Waals surface area contributed by atoms with Gasteiger partial charge in [-0.05, 0) is 43.4 Å². The number of nitrogens with one attached hydrogen (secondary N) is 2. The minimum absolute atomic E-state index is 0.696. The van der Waals surface area contributed by atoms with Crippen LogP contribution in [0.25, 0.3) is 0 Å². The molecule has 2 N–H and O–H groups in total. The molecule has 0 aromatic heterocycles. The first-order valence-electron chi connectivity index (χ1n) is 6.98. The first kappa shape index (κ1) is 13.7. The SMILES string of the molecule is CCOc1cccc(CNC(=NC)NCC2CC2)c1. The summed E-state index contributed by atoms with van der Waals surface area (Å²) in [6.45, 7) is 4.47. The average Bonchev–Trinajstić information content (AvgIpc) is 3.24. The highest BCUT2D eigenvalue weighted by molar-refractivity contribution is 5.79. The molecule has 0 unspecified atom stereocenters. The first-order chi connectivity index (χ1) is 9.31. The van der Waals surface area contributed by atoms with Crippen molar-refractivity contribution in [2.24, 2.45) is 10.9 Å². The van der Waals surface area contributed by atoms with Gasteiger partial charge in [0.2, 0.25) is 0 Å². The Labute approximate surface area is 115 Å². The van der Waals surface area contributed by atoms with Crippen molar-refractivity contribution >= 4 is 5.96 Å². The minimum atomic E-state index is 0.696. The van der Waals surface area contributed by atoms with Gasteiger partial charge in [0.15, 0.2) is 5.96 Å². The van der Waals surface area contributed by atoms with Crippen LogP contribution < -0.4 is 15.4 Å². The van der Waals surface area contributed by atoms with Crippen LogP contribution in [0.5, 0.6) is 5.75 Å². The van der Waals surface area contributed by atoms with E-state index < -0.39 is 0 Å². The van der Waals surface area contributed by atoms with E-state index in [4.69, 9.17) is 4.74 Å². The summed E-state index contributed by atoms with van der Waals surface area (Å²) in [6.07, 6.45) is 2.70. The quantitative estimate of drug-likeness (QED) is 0.609. The molecule has 19 heavy (non-hydrogen) atoms. The van der Waals surface area contributed by atoms with Crippen LogP contribution in [0.3, 0.4) is 0 Å². The molecule has 1 aliphatic rings. The normalized spacial score (nSPS) is 15.2. The Kier molecular flexibility index (Phi) is 5.07. The van der Waals surface area contributed by atoms with Crippen LogP contribution in [0, 0.1) is 5.92 Å². The van der Waals surface area contributed by atoms with Crippen molar-refractivity contribution < 1.29 is 4.74 Å². The van der Waals surface area contributed by atoms with Crippen molar-refractivity contribution in [2.75, 3.05) is 20.2 Å². The van der Waals surface area contributed by atoms with Gasteiger partial charge in [0.1, 0.15) is 5.75 Å². The number of guanidine groups is 1. The zero-order chi connectivity index (χ0) is 13.5. The van der Waals surface area contributed by atoms with Gasteiger partial charge in [-0.2, -0.15) is 0 Å². The van der Waals surface area contributed by atoms with Gasteiger partial charge >= 0.3 is 0 Å². The molecule has 1 aromatic rings. The molecule has 4 nitrogen and oxygen atoms in total. The molecule has 1 aliphatic carbocycles. The van der Waals surface area contributed by atoms with E-state index in [-0.39, 0.29) is 0 Å². The van der Waals surface area contributed by atoms with Crippen molar-refractivity contribution in [3.63, 3.8) is 0 Å². The smallest absolute Gasteiger partial charge is 0.191 e. The summed E-state index contributed by atoms with van der Waals surface area (Å²) in [4.78, 5) is 4.22. The van der Waals surface area contributed by atoms with Crippen molar-refractivity contribution in [3.8, 4) is 5.75 Å². The number of aliphatic imine (C=N–C) groups is 1. The summed E-state index contributed by atoms with van der Waals surface area (Å²) in [5, 5.41) is 6.67. The lowest BCUT2D eigenvalue weighted by molar-refractivity contribution is 0.340. The molecule has 0 atom stereocenters. The van der Waals surface area contributed by atoms with Crippen LogP contribution in [-0.2, 0) is 6.54 Å². The molecule has 104 valence electrons. The van der Waals surface area contributed by atoms with Crippen LogP contribution >= 0.6 is 0 Å². The molecule has 1 saturated carbocycles. The Balaban J connectivity index is 1.80. The third-order valence-electron chi connectivity index (χ3n) is 3.15. The van der Waals surface area contributed by atoms with Crippen LogP contribution in [0.2, 0.25) is 0 Å². The molecule has 0 bridgehead atoms. The van der Waals surface area contributed by atoms with Gasteiger partial charge in [0.05, 0.1) is 6.61 Å². The second-order valence-corrected chi connectivity index (χ2v) is 4.83. The van der Waals surface area contributed by atoms with Crippen LogP contribution in [0.4, 0.5) is 0 Å². The molecule has 0 spiro atoms. The van der Waals surface area contributed by atoms with Crippen molar-refractivity contribution in [1.29, 1.82) is 0 Å². The number of ether oxygens (including phenoxy) is 1. The zero-order valence-electron chi connectivity index (χ0n) is 11.8. The Morgan fingerprint density at radius 1 is 1.37 bits per heavy atom. The molecular formula is C15H23N3O. The van der Waals surface area contributed by atoms with Gasteiger partial charge in [-0.15, -0.1) is 0 Å². The lowest BCUT2D eigenvalue weighted by Gasteiger charge is -2.12. The van der Waals surface area contributed by atoms with E-state index >= 15 is 0 Å². The van der Waals surface area contributed by atoms with Crippen LogP contribution in [0.1, 0.15) is 25.3 Å². The molecular weight excluding hydrogens is 238 g/mol. The van der Waals surface area contributed by atoms with E-state index in [1.54, 1.807) is 7.05 Å². The molecule has 0 amide bonds. The summed E-state index contributed by atoms with van der Waals surface area (Å²) in [6, 6.07) is 8.14. The fourth-order valence-corrected chi connectivity index (χ4v) is 1.88. The summed E-state index contributed by atoms with van der Waals surface area (Å²) in [5.74, 6) is 2.64. The maximum Gasteiger partial charge on any atom is 0.191 e. The zero-order valence-corrected chi connectivity index (χ0v) is 11.8. The maximum atomic E-state index is 5.49. The fourth-order valence-electron chi connectivity index (χ4n) is 1.88. The second kappa shape index (κ2) is 7.02. The first-order valence-corrected chi connectivity index (χ1v) is 6.98. The summed E-state index contributed by atoms with van der Waals surface area (Å²) in [5.41, 5.74) is 1.19. The van der Waals surface area contributed by atoms with Crippen LogP contribution in [-0.4, -0.2) is 26.2 Å². The standard InChI is InChI=1S/C15H23N3O/c1-3-19-14-6-4-5-13(9-14)11-18-15(16-2)17-10-12-7-8-12/h4-6,9,12H,3,7-8,10-11H2,1-2H3,(H2,16,17,18). The number of hydrogen-bond donors (Lipinski definition) is 2. The molecule has 4 heteroatoms. The predicted molar refractivity (Wildman–Crippen MR) is 78.5 cm³/mol. The Bertz CT molecular complexity index is 427.